The highest BCUT2D eigenvalue weighted by Crippen LogP contribution is 2.36. The molecule has 0 spiro atoms. The smallest absolute Gasteiger partial charge is 0.268 e. The van der Waals surface area contributed by atoms with Crippen LogP contribution in [0.15, 0.2) is 48.0 Å². The highest BCUT2D eigenvalue weighted by Gasteiger charge is 2.43. The molecule has 0 saturated carbocycles. The van der Waals surface area contributed by atoms with E-state index in [-0.39, 0.29) is 10.5 Å². The predicted octanol–water partition coefficient (Wildman–Crippen LogP) is 3.39. The zero-order valence-corrected chi connectivity index (χ0v) is 20.3. The van der Waals surface area contributed by atoms with Gasteiger partial charge in [-0.05, 0) is 81.3 Å². The van der Waals surface area contributed by atoms with Gasteiger partial charge in [0, 0.05) is 30.0 Å². The number of ether oxygens (including phenoxy) is 1. The molecule has 0 fully saturated rings. The van der Waals surface area contributed by atoms with E-state index in [1.54, 1.807) is 30.3 Å². The highest BCUT2D eigenvalue weighted by atomic mass is 32.2. The summed E-state index contributed by atoms with van der Waals surface area (Å²) in [5.74, 6) is -0.726. The number of carbonyl (C=O) groups excluding carboxylic acids is 2. The average Bonchev–Trinajstić information content (AvgIpc) is 2.95. The second-order valence-corrected chi connectivity index (χ2v) is 9.52. The summed E-state index contributed by atoms with van der Waals surface area (Å²) in [6, 6.07) is 12.0. The summed E-state index contributed by atoms with van der Waals surface area (Å²) in [6.45, 7) is 8.58. The maximum atomic E-state index is 13.1. The molecule has 1 aliphatic heterocycles. The van der Waals surface area contributed by atoms with Crippen LogP contribution in [0, 0.1) is 6.92 Å². The Labute approximate surface area is 194 Å². The van der Waals surface area contributed by atoms with Crippen LogP contribution >= 0.6 is 0 Å². The fourth-order valence-electron chi connectivity index (χ4n) is 3.86. The Kier molecular flexibility index (Phi) is 7.12. The minimum Gasteiger partial charge on any atom is -0.497 e. The summed E-state index contributed by atoms with van der Waals surface area (Å²) in [4.78, 5) is 27.5. The average molecular weight is 472 g/mol. The molecular formula is C24H29N3O5S. The van der Waals surface area contributed by atoms with Gasteiger partial charge in [0.05, 0.1) is 7.11 Å². The number of sulfonamides is 1. The van der Waals surface area contributed by atoms with Crippen LogP contribution in [0.5, 0.6) is 5.75 Å². The van der Waals surface area contributed by atoms with Crippen molar-refractivity contribution in [3.8, 4) is 5.75 Å². The van der Waals surface area contributed by atoms with E-state index < -0.39 is 28.4 Å². The van der Waals surface area contributed by atoms with Crippen LogP contribution in [-0.4, -0.2) is 51.3 Å². The maximum Gasteiger partial charge on any atom is 0.268 e. The van der Waals surface area contributed by atoms with Crippen LogP contribution in [0.25, 0.3) is 4.91 Å². The predicted molar refractivity (Wildman–Crippen MR) is 130 cm³/mol. The van der Waals surface area contributed by atoms with E-state index in [0.717, 1.165) is 24.3 Å². The molecule has 1 aliphatic rings. The first kappa shape index (κ1) is 24.3. The van der Waals surface area contributed by atoms with E-state index in [9.17, 15) is 18.0 Å². The molecule has 0 radical (unpaired) electrons. The summed E-state index contributed by atoms with van der Waals surface area (Å²) < 4.78 is 32.0. The Hall–Kier alpha value is -3.33. The standard InChI is InChI=1S/C24H29N3O5S/c1-6-26(7-2)19-10-13-21(16(3)14-19)25-22(28)15-27-24(29)17(4)23(33(27,30)31)18-8-11-20(32-5)12-9-18/h8-14H,6-7,15H2,1-5H3,(H,25,28). The van der Waals surface area contributed by atoms with E-state index >= 15 is 0 Å². The number of hydrogen-bond acceptors (Lipinski definition) is 6. The minimum absolute atomic E-state index is 0.0766. The number of rotatable bonds is 8. The number of carbonyl (C=O) groups is 2. The number of amides is 2. The van der Waals surface area contributed by atoms with E-state index in [4.69, 9.17) is 4.74 Å². The third kappa shape index (κ3) is 4.73. The lowest BCUT2D eigenvalue weighted by atomic mass is 10.1. The van der Waals surface area contributed by atoms with Gasteiger partial charge in [0.2, 0.25) is 5.91 Å². The van der Waals surface area contributed by atoms with Crippen molar-refractivity contribution < 1.29 is 22.7 Å². The van der Waals surface area contributed by atoms with Crippen LogP contribution in [0.2, 0.25) is 0 Å². The van der Waals surface area contributed by atoms with Gasteiger partial charge >= 0.3 is 0 Å². The van der Waals surface area contributed by atoms with Crippen molar-refractivity contribution in [2.75, 3.05) is 37.0 Å². The van der Waals surface area contributed by atoms with Crippen molar-refractivity contribution in [2.45, 2.75) is 27.7 Å². The van der Waals surface area contributed by atoms with Crippen LogP contribution in [0.1, 0.15) is 31.9 Å². The molecule has 0 saturated heterocycles. The Morgan fingerprint density at radius 3 is 2.24 bits per heavy atom. The molecule has 2 aromatic carbocycles. The second kappa shape index (κ2) is 9.66. The molecule has 9 heteroatoms. The summed E-state index contributed by atoms with van der Waals surface area (Å²) in [5, 5.41) is 2.73. The Balaban J connectivity index is 1.78. The molecule has 0 atom stereocenters. The molecule has 33 heavy (non-hydrogen) atoms. The zero-order valence-electron chi connectivity index (χ0n) is 19.5. The molecular weight excluding hydrogens is 442 g/mol. The first-order valence-corrected chi connectivity index (χ1v) is 12.2. The lowest BCUT2D eigenvalue weighted by molar-refractivity contribution is -0.126. The van der Waals surface area contributed by atoms with Gasteiger partial charge in [-0.2, -0.15) is 0 Å². The fraction of sp³-hybridized carbons (Fsp3) is 0.333. The number of methoxy groups -OCH3 is 1. The van der Waals surface area contributed by atoms with E-state index in [1.165, 1.54) is 14.0 Å². The minimum atomic E-state index is -4.17. The SMILES string of the molecule is CCN(CC)c1ccc(NC(=O)CN2C(=O)C(C)=C(c3ccc(OC)cc3)S2(=O)=O)c(C)c1. The lowest BCUT2D eigenvalue weighted by Gasteiger charge is -2.22. The maximum absolute atomic E-state index is 13.1. The number of benzene rings is 2. The zero-order chi connectivity index (χ0) is 24.3. The van der Waals surface area contributed by atoms with Crippen LogP contribution in [0.4, 0.5) is 11.4 Å². The van der Waals surface area contributed by atoms with Crippen molar-refractivity contribution >= 4 is 38.1 Å². The van der Waals surface area contributed by atoms with Crippen LogP contribution < -0.4 is 15.0 Å². The summed E-state index contributed by atoms with van der Waals surface area (Å²) >= 11 is 0. The molecule has 176 valence electrons. The van der Waals surface area contributed by atoms with Gasteiger partial charge in [0.25, 0.3) is 15.9 Å². The molecule has 0 aliphatic carbocycles. The highest BCUT2D eigenvalue weighted by molar-refractivity contribution is 7.99. The Bertz CT molecular complexity index is 1200. The molecule has 0 bridgehead atoms. The molecule has 2 amide bonds. The molecule has 3 rings (SSSR count). The van der Waals surface area contributed by atoms with Crippen molar-refractivity contribution in [1.29, 1.82) is 0 Å². The Morgan fingerprint density at radius 1 is 1.06 bits per heavy atom. The van der Waals surface area contributed by atoms with E-state index in [0.29, 0.717) is 21.3 Å². The van der Waals surface area contributed by atoms with Gasteiger partial charge in [-0.15, -0.1) is 0 Å². The largest absolute Gasteiger partial charge is 0.497 e. The Morgan fingerprint density at radius 2 is 1.70 bits per heavy atom. The van der Waals surface area contributed by atoms with Gasteiger partial charge in [0.1, 0.15) is 17.2 Å². The van der Waals surface area contributed by atoms with Crippen molar-refractivity contribution in [1.82, 2.24) is 4.31 Å². The summed E-state index contributed by atoms with van der Waals surface area (Å²) in [7, 11) is -2.66. The topological polar surface area (TPSA) is 96.0 Å². The normalized spacial score (nSPS) is 15.1. The van der Waals surface area contributed by atoms with Gasteiger partial charge in [-0.3, -0.25) is 9.59 Å². The number of nitrogens with one attached hydrogen (secondary N) is 1. The number of hydrogen-bond donors (Lipinski definition) is 1. The third-order valence-corrected chi connectivity index (χ3v) is 7.62. The molecule has 0 unspecified atom stereocenters. The van der Waals surface area contributed by atoms with E-state index in [2.05, 4.69) is 24.1 Å². The number of nitrogens with zero attached hydrogens (tertiary/aromatic N) is 2. The molecule has 0 aromatic heterocycles. The summed E-state index contributed by atoms with van der Waals surface area (Å²) in [5.41, 5.74) is 2.90. The van der Waals surface area contributed by atoms with Gasteiger partial charge in [-0.25, -0.2) is 12.7 Å². The van der Waals surface area contributed by atoms with Gasteiger partial charge in [-0.1, -0.05) is 0 Å². The van der Waals surface area contributed by atoms with Gasteiger partial charge in [0.15, 0.2) is 0 Å². The van der Waals surface area contributed by atoms with Gasteiger partial charge < -0.3 is 15.0 Å². The monoisotopic (exact) mass is 471 g/mol. The van der Waals surface area contributed by atoms with Crippen molar-refractivity contribution in [2.24, 2.45) is 0 Å². The molecule has 1 N–H and O–H groups in total. The number of anilines is 2. The first-order valence-electron chi connectivity index (χ1n) is 10.7. The van der Waals surface area contributed by atoms with Crippen molar-refractivity contribution in [3.63, 3.8) is 0 Å². The van der Waals surface area contributed by atoms with Crippen molar-refractivity contribution in [3.05, 3.63) is 59.2 Å². The van der Waals surface area contributed by atoms with E-state index in [1.807, 2.05) is 19.1 Å². The quantitative estimate of drug-likeness (QED) is 0.634. The third-order valence-electron chi connectivity index (χ3n) is 5.69. The lowest BCUT2D eigenvalue weighted by Crippen LogP contribution is -2.38. The second-order valence-electron chi connectivity index (χ2n) is 7.72. The van der Waals surface area contributed by atoms with Crippen LogP contribution in [0.3, 0.4) is 0 Å². The molecule has 2 aromatic rings. The summed E-state index contributed by atoms with van der Waals surface area (Å²) in [6.07, 6.45) is 0. The first-order chi connectivity index (χ1) is 15.6. The number of aryl methyl sites for hydroxylation is 1. The molecule has 1 heterocycles. The fourth-order valence-corrected chi connectivity index (χ4v) is 5.63. The molecule has 8 nitrogen and oxygen atoms in total. The van der Waals surface area contributed by atoms with Crippen LogP contribution in [-0.2, 0) is 19.6 Å².